The lowest BCUT2D eigenvalue weighted by molar-refractivity contribution is -0.345. The Hall–Kier alpha value is -5.74. The van der Waals surface area contributed by atoms with Crippen molar-refractivity contribution in [1.82, 2.24) is 10.6 Å². The lowest BCUT2D eigenvalue weighted by Crippen LogP contribution is -2.81. The third-order valence-corrected chi connectivity index (χ3v) is 15.1. The van der Waals surface area contributed by atoms with Crippen LogP contribution in [0.5, 0.6) is 0 Å². The molecule has 2 saturated heterocycles. The zero-order chi connectivity index (χ0) is 47.3. The van der Waals surface area contributed by atoms with Crippen LogP contribution in [0.2, 0.25) is 0 Å². The molecule has 15 heteroatoms. The normalized spacial score (nSPS) is 33.0. The maximum atomic E-state index is 15.4. The Bertz CT molecular complexity index is 2400. The molecule has 4 fully saturated rings. The zero-order valence-electron chi connectivity index (χ0n) is 38.0. The van der Waals surface area contributed by atoms with Gasteiger partial charge in [-0.3, -0.25) is 19.2 Å². The maximum Gasteiger partial charge on any atom is 0.350 e. The second-order valence-corrected chi connectivity index (χ2v) is 19.1. The van der Waals surface area contributed by atoms with Crippen molar-refractivity contribution in [3.8, 4) is 0 Å². The predicted molar refractivity (Wildman–Crippen MR) is 236 cm³/mol. The maximum absolute atomic E-state index is 15.4. The van der Waals surface area contributed by atoms with Gasteiger partial charge in [0, 0.05) is 36.7 Å². The molecule has 4 N–H and O–H groups in total. The summed E-state index contributed by atoms with van der Waals surface area (Å²) in [5, 5.41) is 31.9. The van der Waals surface area contributed by atoms with Crippen LogP contribution >= 0.6 is 0 Å². The molecule has 12 atom stereocenters. The van der Waals surface area contributed by atoms with Gasteiger partial charge in [0.2, 0.25) is 6.10 Å². The van der Waals surface area contributed by atoms with Gasteiger partial charge in [0.05, 0.1) is 29.6 Å². The van der Waals surface area contributed by atoms with Crippen molar-refractivity contribution >= 4 is 35.6 Å². The van der Waals surface area contributed by atoms with Crippen molar-refractivity contribution in [1.29, 1.82) is 0 Å². The Labute approximate surface area is 383 Å². The van der Waals surface area contributed by atoms with Gasteiger partial charge in [0.25, 0.3) is 5.91 Å². The number of esters is 4. The molecule has 2 bridgehead atoms. The Kier molecular flexibility index (Phi) is 12.6. The highest BCUT2D eigenvalue weighted by Crippen LogP contribution is 2.65. The monoisotopic (exact) mass is 906 g/mol. The molecule has 0 spiro atoms. The van der Waals surface area contributed by atoms with E-state index in [0.29, 0.717) is 36.1 Å². The summed E-state index contributed by atoms with van der Waals surface area (Å²) in [6.07, 6.45) is -6.53. The quantitative estimate of drug-likeness (QED) is 0.116. The number of aliphatic hydroxyl groups is 2. The molecule has 0 radical (unpaired) electrons. The fraction of sp³-hybridized carbons (Fsp3) is 0.490. The van der Waals surface area contributed by atoms with Gasteiger partial charge in [-0.15, -0.1) is 0 Å². The average molecular weight is 907 g/mol. The summed E-state index contributed by atoms with van der Waals surface area (Å²) >= 11 is 0. The number of Topliss-reactive ketones (excluding diaryl/α,β-unsaturated/α-hetero) is 1. The Morgan fingerprint density at radius 2 is 1.52 bits per heavy atom. The van der Waals surface area contributed by atoms with E-state index in [-0.39, 0.29) is 24.2 Å². The summed E-state index contributed by atoms with van der Waals surface area (Å²) in [6, 6.07) is 22.9. The third-order valence-electron chi connectivity index (χ3n) is 15.1. The van der Waals surface area contributed by atoms with Crippen LogP contribution in [0.1, 0.15) is 99.5 Å². The predicted octanol–water partition coefficient (Wildman–Crippen LogP) is 4.74. The summed E-state index contributed by atoms with van der Waals surface area (Å²) in [5.41, 5.74) is -5.47. The van der Waals surface area contributed by atoms with Crippen LogP contribution in [0.25, 0.3) is 0 Å². The highest BCUT2D eigenvalue weighted by Gasteiger charge is 2.77. The van der Waals surface area contributed by atoms with Gasteiger partial charge in [-0.1, -0.05) is 87.5 Å². The van der Waals surface area contributed by atoms with Crippen LogP contribution in [0.3, 0.4) is 0 Å². The second-order valence-electron chi connectivity index (χ2n) is 19.1. The summed E-state index contributed by atoms with van der Waals surface area (Å²) in [4.78, 5) is 85.8. The first-order chi connectivity index (χ1) is 31.3. The van der Waals surface area contributed by atoms with Gasteiger partial charge >= 0.3 is 23.9 Å². The summed E-state index contributed by atoms with van der Waals surface area (Å²) in [7, 11) is 0. The third kappa shape index (κ3) is 7.82. The van der Waals surface area contributed by atoms with E-state index in [0.717, 1.165) is 0 Å². The number of carbonyl (C=O) groups is 6. The summed E-state index contributed by atoms with van der Waals surface area (Å²) in [5.74, 6) is -6.83. The number of rotatable bonds is 11. The van der Waals surface area contributed by atoms with Crippen LogP contribution in [-0.2, 0) is 42.9 Å². The first-order valence-electron chi connectivity index (χ1n) is 22.6. The zero-order valence-corrected chi connectivity index (χ0v) is 38.0. The molecule has 1 amide bonds. The number of hydrogen-bond donors (Lipinski definition) is 4. The van der Waals surface area contributed by atoms with Crippen molar-refractivity contribution in [2.45, 2.75) is 121 Å². The van der Waals surface area contributed by atoms with Gasteiger partial charge in [-0.2, -0.15) is 0 Å². The van der Waals surface area contributed by atoms with Crippen molar-refractivity contribution in [2.75, 3.05) is 13.2 Å². The molecule has 3 aromatic rings. The molecular weight excluding hydrogens is 849 g/mol. The minimum atomic E-state index is -2.23. The van der Waals surface area contributed by atoms with Crippen LogP contribution in [0.15, 0.2) is 102 Å². The molecule has 8 rings (SSSR count). The molecule has 15 nitrogen and oxygen atoms in total. The van der Waals surface area contributed by atoms with E-state index >= 15 is 9.59 Å². The van der Waals surface area contributed by atoms with Gasteiger partial charge in [0.15, 0.2) is 5.60 Å². The molecule has 1 unspecified atom stereocenters. The number of amides is 1. The summed E-state index contributed by atoms with van der Waals surface area (Å²) < 4.78 is 31.1. The number of carbonyl (C=O) groups excluding carboxylic acids is 6. The first kappa shape index (κ1) is 46.8. The topological polar surface area (TPSA) is 213 Å². The minimum absolute atomic E-state index is 0.0853. The Balaban J connectivity index is 1.26. The molecule has 66 heavy (non-hydrogen) atoms. The molecule has 2 saturated carbocycles. The highest BCUT2D eigenvalue weighted by atomic mass is 16.6. The van der Waals surface area contributed by atoms with E-state index in [2.05, 4.69) is 10.6 Å². The van der Waals surface area contributed by atoms with Crippen LogP contribution in [-0.4, -0.2) is 107 Å². The molecule has 2 aliphatic heterocycles. The molecule has 5 aliphatic rings. The standard InChI is InChI=1S/C51H58N2O13/c1-28-35(63-47(60)40(64-46(59)34-23-16-24-52-34)39(31-17-10-7-11-18-31)53-44(57)32-19-12-8-13-20-32)26-51(61)43(65-45(58)33-21-14-9-15-22-33)41-49(6,42(56)29(2)38(28)48(51,4)5)36(55)25-37-50(41,27-62-37)66-30(3)54/h7-15,17-22,29,34-37,39-41,43,52,55,61H,16,23-27H2,1-6H3,(H,53,57)/t29-,34?,35+,36+,37-,39+,40-,41+,43+,49-,50+,51+/m1/s1. The van der Waals surface area contributed by atoms with Crippen molar-refractivity contribution in [3.63, 3.8) is 0 Å². The van der Waals surface area contributed by atoms with E-state index in [1.54, 1.807) is 113 Å². The fourth-order valence-electron chi connectivity index (χ4n) is 11.6. The van der Waals surface area contributed by atoms with E-state index in [1.165, 1.54) is 19.1 Å². The Morgan fingerprint density at radius 1 is 0.894 bits per heavy atom. The van der Waals surface area contributed by atoms with Crippen molar-refractivity contribution in [3.05, 3.63) is 119 Å². The number of ketones is 1. The smallest absolute Gasteiger partial charge is 0.350 e. The highest BCUT2D eigenvalue weighted by molar-refractivity contribution is 5.95. The average Bonchev–Trinajstić information content (AvgIpc) is 3.85. The molecule has 350 valence electrons. The lowest BCUT2D eigenvalue weighted by atomic mass is 9.43. The molecule has 2 heterocycles. The summed E-state index contributed by atoms with van der Waals surface area (Å²) in [6.45, 7) is 9.88. The van der Waals surface area contributed by atoms with Crippen LogP contribution in [0.4, 0.5) is 0 Å². The molecule has 3 aromatic carbocycles. The van der Waals surface area contributed by atoms with Crippen LogP contribution in [0, 0.1) is 22.7 Å². The molecule has 3 aliphatic carbocycles. The largest absolute Gasteiger partial charge is 0.455 e. The van der Waals surface area contributed by atoms with Gasteiger partial charge in [-0.05, 0) is 74.2 Å². The van der Waals surface area contributed by atoms with E-state index in [9.17, 15) is 29.4 Å². The minimum Gasteiger partial charge on any atom is -0.455 e. The fourth-order valence-corrected chi connectivity index (χ4v) is 11.6. The first-order valence-corrected chi connectivity index (χ1v) is 22.6. The number of fused-ring (bicyclic) bond motifs is 5. The van der Waals surface area contributed by atoms with Gasteiger partial charge < -0.3 is 44.5 Å². The van der Waals surface area contributed by atoms with Crippen molar-refractivity contribution < 1.29 is 62.7 Å². The number of ether oxygens (including phenoxy) is 5. The van der Waals surface area contributed by atoms with E-state index in [1.807, 2.05) is 0 Å². The SMILES string of the molecule is CC(=O)O[C@@]12CO[C@@H]1C[C@H](O)[C@@]1(C)C(=O)[C@H](C)C3=C(C)[C@@H](OC(=O)[C@H](OC(=O)C4CCCN4)[C@@H](NC(=O)c4ccccc4)c4ccccc4)C[C@](O)([C@@H](OC(=O)c4ccccc4)[C@H]21)C3(C)C. The second kappa shape index (κ2) is 17.8. The number of benzene rings is 3. The number of nitrogens with one attached hydrogen (secondary N) is 2. The van der Waals surface area contributed by atoms with Gasteiger partial charge in [-0.25, -0.2) is 9.59 Å². The van der Waals surface area contributed by atoms with Crippen molar-refractivity contribution in [2.24, 2.45) is 22.7 Å². The van der Waals surface area contributed by atoms with Crippen LogP contribution < -0.4 is 10.6 Å². The molecule has 0 aromatic heterocycles. The number of hydrogen-bond acceptors (Lipinski definition) is 14. The van der Waals surface area contributed by atoms with E-state index in [4.69, 9.17) is 23.7 Å². The number of aliphatic hydroxyl groups excluding tert-OH is 1. The molecular formula is C51H58N2O13. The van der Waals surface area contributed by atoms with E-state index < -0.39 is 118 Å². The Morgan fingerprint density at radius 3 is 2.09 bits per heavy atom. The van der Waals surface area contributed by atoms with Gasteiger partial charge in [0.1, 0.15) is 41.8 Å². The lowest BCUT2D eigenvalue weighted by Gasteiger charge is -2.67.